The van der Waals surface area contributed by atoms with Crippen molar-refractivity contribution in [1.82, 2.24) is 10.2 Å². The van der Waals surface area contributed by atoms with Gasteiger partial charge in [-0.2, -0.15) is 0 Å². The fourth-order valence-corrected chi connectivity index (χ4v) is 2.38. The van der Waals surface area contributed by atoms with E-state index in [1.54, 1.807) is 18.2 Å². The number of benzene rings is 2. The number of hydrogen-bond donors (Lipinski definition) is 0. The highest BCUT2D eigenvalue weighted by Gasteiger charge is 2.15. The van der Waals surface area contributed by atoms with Crippen LogP contribution in [0, 0.1) is 0 Å². The molecule has 0 fully saturated rings. The van der Waals surface area contributed by atoms with Crippen molar-refractivity contribution in [3.63, 3.8) is 0 Å². The van der Waals surface area contributed by atoms with E-state index in [1.165, 1.54) is 0 Å². The average Bonchev–Trinajstić information content (AvgIpc) is 2.98. The summed E-state index contributed by atoms with van der Waals surface area (Å²) in [5.74, 6) is 2.35. The number of ether oxygens (including phenoxy) is 3. The summed E-state index contributed by atoms with van der Waals surface area (Å²) in [6, 6.07) is 12.9. The first-order valence-electron chi connectivity index (χ1n) is 6.30. The third-order valence-electron chi connectivity index (χ3n) is 3.17. The van der Waals surface area contributed by atoms with E-state index in [1.807, 2.05) is 24.3 Å². The van der Waals surface area contributed by atoms with Crippen molar-refractivity contribution in [2.45, 2.75) is 0 Å². The molecule has 4 rings (SSSR count). The molecule has 0 spiro atoms. The molecule has 21 heavy (non-hydrogen) atoms. The molecule has 0 amide bonds. The molecule has 0 N–H and O–H groups in total. The molecule has 0 bridgehead atoms. The third-order valence-corrected chi connectivity index (χ3v) is 3.45. The van der Waals surface area contributed by atoms with Crippen molar-refractivity contribution < 1.29 is 14.2 Å². The van der Waals surface area contributed by atoms with Gasteiger partial charge < -0.3 is 14.2 Å². The van der Waals surface area contributed by atoms with Crippen LogP contribution in [0.1, 0.15) is 0 Å². The number of halogens is 1. The fourth-order valence-electron chi connectivity index (χ4n) is 2.17. The molecule has 5 nitrogen and oxygen atoms in total. The first kappa shape index (κ1) is 12.2. The van der Waals surface area contributed by atoms with Gasteiger partial charge in [0.1, 0.15) is 5.75 Å². The second-order valence-corrected chi connectivity index (χ2v) is 4.82. The number of hydrogen-bond acceptors (Lipinski definition) is 5. The van der Waals surface area contributed by atoms with Crippen molar-refractivity contribution in [2.24, 2.45) is 0 Å². The molecule has 0 unspecified atom stereocenters. The lowest BCUT2D eigenvalue weighted by molar-refractivity contribution is 0.174. The minimum absolute atomic E-state index is 0.225. The standard InChI is InChI=1S/C15H9ClN2O3/c16-14-10-3-1-2-4-11(10)15(18-17-14)21-9-5-6-12-13(7-9)20-8-19-12/h1-7H,8H2. The molecule has 0 radical (unpaired) electrons. The van der Waals surface area contributed by atoms with Crippen LogP contribution >= 0.6 is 11.6 Å². The zero-order chi connectivity index (χ0) is 14.2. The van der Waals surface area contributed by atoms with Crippen molar-refractivity contribution in [3.8, 4) is 23.1 Å². The van der Waals surface area contributed by atoms with E-state index in [0.29, 0.717) is 28.3 Å². The Labute approximate surface area is 125 Å². The molecule has 1 aromatic heterocycles. The quantitative estimate of drug-likeness (QED) is 0.720. The summed E-state index contributed by atoms with van der Waals surface area (Å²) in [5.41, 5.74) is 0. The van der Waals surface area contributed by atoms with Crippen LogP contribution in [0.2, 0.25) is 5.15 Å². The van der Waals surface area contributed by atoms with Crippen molar-refractivity contribution in [2.75, 3.05) is 6.79 Å². The Morgan fingerprint density at radius 2 is 1.76 bits per heavy atom. The van der Waals surface area contributed by atoms with Gasteiger partial charge in [0, 0.05) is 16.8 Å². The lowest BCUT2D eigenvalue weighted by Crippen LogP contribution is -1.93. The molecular weight excluding hydrogens is 292 g/mol. The molecule has 2 heterocycles. The molecule has 104 valence electrons. The largest absolute Gasteiger partial charge is 0.454 e. The maximum Gasteiger partial charge on any atom is 0.246 e. The number of fused-ring (bicyclic) bond motifs is 2. The van der Waals surface area contributed by atoms with E-state index in [-0.39, 0.29) is 6.79 Å². The molecule has 6 heteroatoms. The summed E-state index contributed by atoms with van der Waals surface area (Å²) in [6.07, 6.45) is 0. The highest BCUT2D eigenvalue weighted by molar-refractivity contribution is 6.34. The van der Waals surface area contributed by atoms with E-state index in [2.05, 4.69) is 10.2 Å². The van der Waals surface area contributed by atoms with E-state index >= 15 is 0 Å². The van der Waals surface area contributed by atoms with Gasteiger partial charge in [-0.15, -0.1) is 10.2 Å². The molecule has 1 aliphatic heterocycles. The normalized spacial score (nSPS) is 12.6. The van der Waals surface area contributed by atoms with E-state index < -0.39 is 0 Å². The van der Waals surface area contributed by atoms with Gasteiger partial charge >= 0.3 is 0 Å². The van der Waals surface area contributed by atoms with Crippen molar-refractivity contribution in [1.29, 1.82) is 0 Å². The van der Waals surface area contributed by atoms with Crippen molar-refractivity contribution in [3.05, 3.63) is 47.6 Å². The maximum absolute atomic E-state index is 6.04. The first-order chi connectivity index (χ1) is 10.3. The summed E-state index contributed by atoms with van der Waals surface area (Å²) in [7, 11) is 0. The van der Waals surface area contributed by atoms with Crippen LogP contribution in [-0.2, 0) is 0 Å². The van der Waals surface area contributed by atoms with Gasteiger partial charge in [0.25, 0.3) is 0 Å². The minimum atomic E-state index is 0.225. The summed E-state index contributed by atoms with van der Waals surface area (Å²) in [5, 5.41) is 9.88. The SMILES string of the molecule is Clc1nnc(Oc2ccc3c(c2)OCO3)c2ccccc12. The van der Waals surface area contributed by atoms with Gasteiger partial charge in [-0.25, -0.2) is 0 Å². The average molecular weight is 301 g/mol. The molecule has 0 atom stereocenters. The predicted molar refractivity (Wildman–Crippen MR) is 77.2 cm³/mol. The zero-order valence-corrected chi connectivity index (χ0v) is 11.5. The van der Waals surface area contributed by atoms with Gasteiger partial charge in [-0.1, -0.05) is 29.8 Å². The Bertz CT molecular complexity index is 838. The molecule has 0 aliphatic carbocycles. The summed E-state index contributed by atoms with van der Waals surface area (Å²) < 4.78 is 16.4. The monoisotopic (exact) mass is 300 g/mol. The molecular formula is C15H9ClN2O3. The van der Waals surface area contributed by atoms with Crippen LogP contribution in [0.3, 0.4) is 0 Å². The molecule has 0 saturated carbocycles. The summed E-state index contributed by atoms with van der Waals surface area (Å²) >= 11 is 6.04. The van der Waals surface area contributed by atoms with Crippen LogP contribution in [0.25, 0.3) is 10.8 Å². The summed E-state index contributed by atoms with van der Waals surface area (Å²) in [4.78, 5) is 0. The second kappa shape index (κ2) is 4.79. The van der Waals surface area contributed by atoms with E-state index in [9.17, 15) is 0 Å². The van der Waals surface area contributed by atoms with Crippen LogP contribution in [-0.4, -0.2) is 17.0 Å². The first-order valence-corrected chi connectivity index (χ1v) is 6.67. The Balaban J connectivity index is 1.76. The zero-order valence-electron chi connectivity index (χ0n) is 10.7. The van der Waals surface area contributed by atoms with Gasteiger partial charge in [0.15, 0.2) is 16.7 Å². The fraction of sp³-hybridized carbons (Fsp3) is 0.0667. The maximum atomic E-state index is 6.04. The smallest absolute Gasteiger partial charge is 0.246 e. The highest BCUT2D eigenvalue weighted by atomic mass is 35.5. The topological polar surface area (TPSA) is 53.5 Å². The summed E-state index contributed by atoms with van der Waals surface area (Å²) in [6.45, 7) is 0.225. The molecule has 2 aromatic carbocycles. The third kappa shape index (κ3) is 2.11. The van der Waals surface area contributed by atoms with Gasteiger partial charge in [0.2, 0.25) is 12.7 Å². The molecule has 1 aliphatic rings. The predicted octanol–water partition coefficient (Wildman–Crippen LogP) is 3.80. The number of rotatable bonds is 2. The lowest BCUT2D eigenvalue weighted by Gasteiger charge is -2.08. The van der Waals surface area contributed by atoms with Gasteiger partial charge in [0.05, 0.1) is 0 Å². The van der Waals surface area contributed by atoms with E-state index in [4.69, 9.17) is 25.8 Å². The highest BCUT2D eigenvalue weighted by Crippen LogP contribution is 2.37. The Morgan fingerprint density at radius 3 is 2.67 bits per heavy atom. The Morgan fingerprint density at radius 1 is 0.952 bits per heavy atom. The molecule has 0 saturated heterocycles. The van der Waals surface area contributed by atoms with Gasteiger partial charge in [-0.05, 0) is 18.2 Å². The van der Waals surface area contributed by atoms with Crippen LogP contribution in [0.15, 0.2) is 42.5 Å². The van der Waals surface area contributed by atoms with Crippen LogP contribution in [0.4, 0.5) is 0 Å². The van der Waals surface area contributed by atoms with Crippen LogP contribution in [0.5, 0.6) is 23.1 Å². The van der Waals surface area contributed by atoms with Crippen LogP contribution < -0.4 is 14.2 Å². The Hall–Kier alpha value is -2.53. The lowest BCUT2D eigenvalue weighted by atomic mass is 10.2. The minimum Gasteiger partial charge on any atom is -0.454 e. The van der Waals surface area contributed by atoms with Gasteiger partial charge in [-0.3, -0.25) is 0 Å². The number of nitrogens with zero attached hydrogens (tertiary/aromatic N) is 2. The Kier molecular flexibility index (Phi) is 2.79. The van der Waals surface area contributed by atoms with Crippen molar-refractivity contribution >= 4 is 22.4 Å². The second-order valence-electron chi connectivity index (χ2n) is 4.46. The molecule has 3 aromatic rings. The van der Waals surface area contributed by atoms with E-state index in [0.717, 1.165) is 10.8 Å². The number of aromatic nitrogens is 2.